The minimum absolute atomic E-state index is 0.166. The Morgan fingerprint density at radius 2 is 1.75 bits per heavy atom. The third-order valence-electron chi connectivity index (χ3n) is 6.64. The lowest BCUT2D eigenvalue weighted by atomic mass is 9.77. The number of alkyl halides is 1. The minimum Gasteiger partial charge on any atom is -0.356 e. The van der Waals surface area contributed by atoms with Crippen LogP contribution in [0.15, 0.2) is 41.2 Å². The van der Waals surface area contributed by atoms with E-state index in [-0.39, 0.29) is 5.57 Å². The second kappa shape index (κ2) is 11.4. The zero-order chi connectivity index (χ0) is 24.1. The van der Waals surface area contributed by atoms with E-state index in [9.17, 15) is 9.50 Å². The van der Waals surface area contributed by atoms with Crippen molar-refractivity contribution >= 4 is 43.7 Å². The Morgan fingerprint density at radius 3 is 2.28 bits per heavy atom. The molecule has 2 fully saturated rings. The molecule has 1 spiro atoms. The van der Waals surface area contributed by atoms with Gasteiger partial charge in [0.1, 0.15) is 5.82 Å². The number of allylic oxidation sites excluding steroid dienone is 1. The third-order valence-corrected chi connectivity index (χ3v) is 7.89. The molecule has 1 saturated carbocycles. The second-order valence-corrected chi connectivity index (χ2v) is 10.1. The van der Waals surface area contributed by atoms with Crippen LogP contribution in [-0.2, 0) is 0 Å². The molecule has 1 aliphatic heterocycles. The van der Waals surface area contributed by atoms with Gasteiger partial charge in [-0.2, -0.15) is 0 Å². The summed E-state index contributed by atoms with van der Waals surface area (Å²) in [5, 5.41) is 10.9. The smallest absolute Gasteiger partial charge is 0.244 e. The van der Waals surface area contributed by atoms with Crippen LogP contribution in [0.1, 0.15) is 57.9 Å². The fraction of sp³-hybridized carbons (Fsp3) is 0.542. The molecule has 0 amide bonds. The van der Waals surface area contributed by atoms with E-state index in [1.807, 2.05) is 22.2 Å². The second-order valence-electron chi connectivity index (χ2n) is 8.59. The van der Waals surface area contributed by atoms with Gasteiger partial charge in [0.25, 0.3) is 0 Å². The highest BCUT2D eigenvalue weighted by molar-refractivity contribution is 7.18. The normalized spacial score (nSPS) is 20.9. The van der Waals surface area contributed by atoms with Crippen molar-refractivity contribution in [3.8, 4) is 0 Å². The Hall–Kier alpha value is -0.970. The minimum atomic E-state index is -2.53. The van der Waals surface area contributed by atoms with Gasteiger partial charge in [0.2, 0.25) is 5.60 Å². The fourth-order valence-corrected chi connectivity index (χ4v) is 5.07. The first kappa shape index (κ1) is 27.3. The Balaban J connectivity index is 0.00000176. The summed E-state index contributed by atoms with van der Waals surface area (Å²) >= 11 is 12.5. The largest absolute Gasteiger partial charge is 0.356 e. The van der Waals surface area contributed by atoms with E-state index in [1.165, 1.54) is 32.7 Å². The lowest BCUT2D eigenvalue weighted by Crippen LogP contribution is -2.39. The molecule has 1 aliphatic carbocycles. The van der Waals surface area contributed by atoms with Crippen molar-refractivity contribution in [3.05, 3.63) is 51.8 Å². The average molecular weight is 502 g/mol. The van der Waals surface area contributed by atoms with Crippen LogP contribution in [-0.4, -0.2) is 41.5 Å². The van der Waals surface area contributed by atoms with E-state index in [0.29, 0.717) is 38.1 Å². The van der Waals surface area contributed by atoms with Gasteiger partial charge in [0.15, 0.2) is 0 Å². The molecular formula is C24H35Cl2FN3OP. The number of halogens is 3. The number of hydrogen-bond donors (Lipinski definition) is 2. The average Bonchev–Trinajstić information content (AvgIpc) is 3.22. The van der Waals surface area contributed by atoms with Gasteiger partial charge >= 0.3 is 0 Å². The van der Waals surface area contributed by atoms with Crippen LogP contribution in [0.4, 0.5) is 4.39 Å². The van der Waals surface area contributed by atoms with E-state index >= 15 is 0 Å². The quantitative estimate of drug-likeness (QED) is 0.361. The number of piperidine rings is 1. The standard InChI is InChI=1S/C23H30Cl2FN2OP.CH5N/c1-15(18-7-6-8-19(24)20(18)25)17(3)27-21(16(2)23(26,29)30)28-13-11-22(12-14-28)9-4-5-10-22;1-2/h6-8,29H,1,4-5,9-14,30H2,2-3H3;2H2,1H3/b21-16-,27-17-;. The number of rotatable bonds is 5. The fourth-order valence-electron chi connectivity index (χ4n) is 4.52. The molecule has 4 nitrogen and oxygen atoms in total. The van der Waals surface area contributed by atoms with Gasteiger partial charge in [0.05, 0.1) is 10.0 Å². The first-order chi connectivity index (χ1) is 15.0. The zero-order valence-corrected chi connectivity index (χ0v) is 21.9. The summed E-state index contributed by atoms with van der Waals surface area (Å²) < 4.78 is 14.5. The van der Waals surface area contributed by atoms with Gasteiger partial charge in [-0.05, 0) is 63.6 Å². The van der Waals surface area contributed by atoms with Crippen LogP contribution >= 0.6 is 32.4 Å². The Bertz CT molecular complexity index is 880. The Labute approximate surface area is 204 Å². The number of nitrogens with zero attached hydrogens (tertiary/aromatic N) is 2. The summed E-state index contributed by atoms with van der Waals surface area (Å²) in [5.74, 6) is 0.458. The molecular weight excluding hydrogens is 467 g/mol. The molecule has 1 aromatic carbocycles. The molecule has 3 N–H and O–H groups in total. The van der Waals surface area contributed by atoms with Crippen molar-refractivity contribution in [2.24, 2.45) is 16.1 Å². The van der Waals surface area contributed by atoms with Crippen LogP contribution in [0.2, 0.25) is 10.0 Å². The van der Waals surface area contributed by atoms with Gasteiger partial charge in [-0.15, -0.1) is 0 Å². The van der Waals surface area contributed by atoms with Crippen molar-refractivity contribution in [2.45, 2.75) is 58.0 Å². The lowest BCUT2D eigenvalue weighted by Gasteiger charge is -2.41. The highest BCUT2D eigenvalue weighted by Gasteiger charge is 2.38. The predicted octanol–water partition coefficient (Wildman–Crippen LogP) is 6.42. The van der Waals surface area contributed by atoms with E-state index in [4.69, 9.17) is 28.2 Å². The molecule has 8 heteroatoms. The summed E-state index contributed by atoms with van der Waals surface area (Å²) in [5.41, 5.74) is 4.47. The van der Waals surface area contributed by atoms with Gasteiger partial charge < -0.3 is 15.7 Å². The van der Waals surface area contributed by atoms with Crippen LogP contribution in [0.3, 0.4) is 0 Å². The van der Waals surface area contributed by atoms with Crippen LogP contribution in [0, 0.1) is 5.41 Å². The van der Waals surface area contributed by atoms with Crippen molar-refractivity contribution in [1.82, 2.24) is 4.90 Å². The number of aliphatic imine (C=N–C) groups is 1. The molecule has 0 radical (unpaired) electrons. The van der Waals surface area contributed by atoms with Crippen molar-refractivity contribution < 1.29 is 9.50 Å². The third kappa shape index (κ3) is 6.33. The van der Waals surface area contributed by atoms with Crippen LogP contribution in [0.25, 0.3) is 5.57 Å². The Morgan fingerprint density at radius 1 is 1.19 bits per heavy atom. The molecule has 0 bridgehead atoms. The molecule has 1 saturated heterocycles. The first-order valence-electron chi connectivity index (χ1n) is 11.0. The van der Waals surface area contributed by atoms with Crippen molar-refractivity contribution in [1.29, 1.82) is 0 Å². The zero-order valence-electron chi connectivity index (χ0n) is 19.2. The monoisotopic (exact) mass is 501 g/mol. The van der Waals surface area contributed by atoms with E-state index < -0.39 is 5.60 Å². The molecule has 178 valence electrons. The maximum Gasteiger partial charge on any atom is 0.244 e. The summed E-state index contributed by atoms with van der Waals surface area (Å²) in [7, 11) is 3.36. The van der Waals surface area contributed by atoms with Crippen LogP contribution < -0.4 is 5.73 Å². The van der Waals surface area contributed by atoms with Gasteiger partial charge in [-0.25, -0.2) is 9.38 Å². The first-order valence-corrected chi connectivity index (χ1v) is 12.3. The molecule has 1 aromatic rings. The maximum atomic E-state index is 14.5. The number of aliphatic hydroxyl groups is 1. The van der Waals surface area contributed by atoms with Crippen molar-refractivity contribution in [2.75, 3.05) is 20.1 Å². The molecule has 1 heterocycles. The van der Waals surface area contributed by atoms with E-state index in [1.54, 1.807) is 19.1 Å². The number of hydrogen-bond acceptors (Lipinski definition) is 4. The maximum absolute atomic E-state index is 14.5. The lowest BCUT2D eigenvalue weighted by molar-refractivity contribution is 0.0334. The molecule has 3 rings (SSSR count). The predicted molar refractivity (Wildman–Crippen MR) is 139 cm³/mol. The highest BCUT2D eigenvalue weighted by atomic mass is 35.5. The number of benzene rings is 1. The summed E-state index contributed by atoms with van der Waals surface area (Å²) in [6.07, 6.45) is 7.30. The molecule has 32 heavy (non-hydrogen) atoms. The molecule has 2 unspecified atom stereocenters. The van der Waals surface area contributed by atoms with Crippen LogP contribution in [0.5, 0.6) is 0 Å². The molecule has 2 atom stereocenters. The Kier molecular flexibility index (Phi) is 9.75. The van der Waals surface area contributed by atoms with E-state index in [0.717, 1.165) is 25.9 Å². The molecule has 0 aromatic heterocycles. The summed E-state index contributed by atoms with van der Waals surface area (Å²) in [6, 6.07) is 5.35. The summed E-state index contributed by atoms with van der Waals surface area (Å²) in [4.78, 5) is 6.82. The van der Waals surface area contributed by atoms with Gasteiger partial charge in [-0.1, -0.05) is 64.0 Å². The topological polar surface area (TPSA) is 61.9 Å². The van der Waals surface area contributed by atoms with E-state index in [2.05, 4.69) is 17.2 Å². The highest BCUT2D eigenvalue weighted by Crippen LogP contribution is 2.47. The SMILES string of the molecule is C=C(/C(C)=N\C(=C(/C)C(O)(F)P)N1CCC2(CCCC2)CC1)c1cccc(Cl)c1Cl.CN. The number of nitrogens with two attached hydrogens (primary N) is 1. The van der Waals surface area contributed by atoms with Gasteiger partial charge in [-0.3, -0.25) is 0 Å². The van der Waals surface area contributed by atoms with Crippen molar-refractivity contribution in [3.63, 3.8) is 0 Å². The van der Waals surface area contributed by atoms with Gasteiger partial charge in [0, 0.05) is 29.9 Å². The molecule has 2 aliphatic rings. The summed E-state index contributed by atoms with van der Waals surface area (Å²) in [6.45, 7) is 9.12. The number of likely N-dealkylation sites (tertiary alicyclic amines) is 1.